The number of hydrogen-bond acceptors (Lipinski definition) is 3. The van der Waals surface area contributed by atoms with E-state index >= 15 is 0 Å². The van der Waals surface area contributed by atoms with E-state index in [2.05, 4.69) is 4.98 Å². The second-order valence-electron chi connectivity index (χ2n) is 3.52. The van der Waals surface area contributed by atoms with Crippen LogP contribution < -0.4 is 4.74 Å². The highest BCUT2D eigenvalue weighted by molar-refractivity contribution is 5.68. The molecule has 1 N–H and O–H groups in total. The summed E-state index contributed by atoms with van der Waals surface area (Å²) in [5, 5.41) is 9.23. The molecule has 0 atom stereocenters. The van der Waals surface area contributed by atoms with Crippen LogP contribution in [0.3, 0.4) is 0 Å². The Bertz CT molecular complexity index is 529. The number of benzene rings is 1. The largest absolute Gasteiger partial charge is 0.481 e. The second-order valence-corrected chi connectivity index (χ2v) is 3.52. The Morgan fingerprint density at radius 1 is 1.29 bits per heavy atom. The fraction of sp³-hybridized carbons (Fsp3) is 0.154. The van der Waals surface area contributed by atoms with Gasteiger partial charge >= 0.3 is 0 Å². The van der Waals surface area contributed by atoms with Crippen molar-refractivity contribution in [1.82, 2.24) is 4.98 Å². The first kappa shape index (κ1) is 11.5. The average Bonchev–Trinajstić information content (AvgIpc) is 2.39. The Kier molecular flexibility index (Phi) is 3.35. The van der Waals surface area contributed by atoms with Crippen molar-refractivity contribution in [2.75, 3.05) is 7.11 Å². The molecule has 0 aliphatic carbocycles. The van der Waals surface area contributed by atoms with Crippen molar-refractivity contribution in [3.05, 3.63) is 47.9 Å². The van der Waals surface area contributed by atoms with Crippen molar-refractivity contribution < 1.29 is 14.2 Å². The second kappa shape index (κ2) is 4.93. The minimum atomic E-state index is -0.438. The summed E-state index contributed by atoms with van der Waals surface area (Å²) in [6.45, 7) is -0.139. The standard InChI is InChI=1S/C13H12FNO2/c1-17-13-6-11(12(14)7-15-13)10-5-3-2-4-9(10)8-16/h2-7,16H,8H2,1H3. The van der Waals surface area contributed by atoms with E-state index in [0.29, 0.717) is 22.6 Å². The summed E-state index contributed by atoms with van der Waals surface area (Å²) in [7, 11) is 1.47. The lowest BCUT2D eigenvalue weighted by Crippen LogP contribution is -1.95. The molecular weight excluding hydrogens is 221 g/mol. The van der Waals surface area contributed by atoms with Gasteiger partial charge < -0.3 is 9.84 Å². The SMILES string of the molecule is COc1cc(-c2ccccc2CO)c(F)cn1. The summed E-state index contributed by atoms with van der Waals surface area (Å²) in [5.74, 6) is -0.0964. The van der Waals surface area contributed by atoms with Gasteiger partial charge in [0.15, 0.2) is 0 Å². The van der Waals surface area contributed by atoms with Crippen LogP contribution in [0, 0.1) is 5.82 Å². The molecule has 17 heavy (non-hydrogen) atoms. The third-order valence-corrected chi connectivity index (χ3v) is 2.52. The lowest BCUT2D eigenvalue weighted by Gasteiger charge is -2.09. The van der Waals surface area contributed by atoms with E-state index in [0.717, 1.165) is 6.20 Å². The lowest BCUT2D eigenvalue weighted by atomic mass is 10.0. The number of hydrogen-bond donors (Lipinski definition) is 1. The maximum atomic E-state index is 13.7. The molecule has 2 rings (SSSR count). The summed E-state index contributed by atoms with van der Waals surface area (Å²) in [4.78, 5) is 3.78. The van der Waals surface area contributed by atoms with Gasteiger partial charge in [-0.05, 0) is 11.1 Å². The van der Waals surface area contributed by atoms with E-state index < -0.39 is 5.82 Å². The van der Waals surface area contributed by atoms with E-state index in [1.807, 2.05) is 0 Å². The molecule has 4 heteroatoms. The molecule has 88 valence electrons. The topological polar surface area (TPSA) is 42.4 Å². The summed E-state index contributed by atoms with van der Waals surface area (Å²) >= 11 is 0. The van der Waals surface area contributed by atoms with Crippen LogP contribution in [0.5, 0.6) is 5.88 Å². The predicted octanol–water partition coefficient (Wildman–Crippen LogP) is 2.39. The molecule has 0 aliphatic heterocycles. The van der Waals surface area contributed by atoms with E-state index in [9.17, 15) is 9.50 Å². The molecule has 0 unspecified atom stereocenters. The molecule has 0 saturated heterocycles. The number of ether oxygens (including phenoxy) is 1. The normalized spacial score (nSPS) is 10.3. The van der Waals surface area contributed by atoms with Gasteiger partial charge in [0.1, 0.15) is 5.82 Å². The van der Waals surface area contributed by atoms with Gasteiger partial charge in [-0.25, -0.2) is 9.37 Å². The molecule has 3 nitrogen and oxygen atoms in total. The number of halogens is 1. The van der Waals surface area contributed by atoms with Gasteiger partial charge in [-0.15, -0.1) is 0 Å². The van der Waals surface area contributed by atoms with Gasteiger partial charge in [0.25, 0.3) is 0 Å². The molecule has 0 amide bonds. The van der Waals surface area contributed by atoms with Crippen molar-refractivity contribution >= 4 is 0 Å². The van der Waals surface area contributed by atoms with Crippen LogP contribution in [0.1, 0.15) is 5.56 Å². The molecule has 0 aliphatic rings. The van der Waals surface area contributed by atoms with Crippen LogP contribution in [-0.2, 0) is 6.61 Å². The molecule has 0 spiro atoms. The third-order valence-electron chi connectivity index (χ3n) is 2.52. The van der Waals surface area contributed by atoms with Crippen molar-refractivity contribution in [3.63, 3.8) is 0 Å². The Morgan fingerprint density at radius 3 is 2.76 bits per heavy atom. The predicted molar refractivity (Wildman–Crippen MR) is 62.1 cm³/mol. The summed E-state index contributed by atoms with van der Waals surface area (Å²) in [6.07, 6.45) is 1.11. The maximum Gasteiger partial charge on any atom is 0.213 e. The number of methoxy groups -OCH3 is 1. The zero-order chi connectivity index (χ0) is 12.3. The highest BCUT2D eigenvalue weighted by Crippen LogP contribution is 2.28. The van der Waals surface area contributed by atoms with Crippen LogP contribution in [-0.4, -0.2) is 17.2 Å². The third kappa shape index (κ3) is 2.26. The van der Waals surface area contributed by atoms with Gasteiger partial charge in [-0.2, -0.15) is 0 Å². The van der Waals surface area contributed by atoms with Crippen LogP contribution in [0.15, 0.2) is 36.5 Å². The summed E-state index contributed by atoms with van der Waals surface area (Å²) < 4.78 is 18.7. The smallest absolute Gasteiger partial charge is 0.213 e. The fourth-order valence-corrected chi connectivity index (χ4v) is 1.66. The molecule has 1 aromatic heterocycles. The van der Waals surface area contributed by atoms with Crippen LogP contribution >= 0.6 is 0 Å². The van der Waals surface area contributed by atoms with Crippen molar-refractivity contribution in [3.8, 4) is 17.0 Å². The number of nitrogens with zero attached hydrogens (tertiary/aromatic N) is 1. The van der Waals surface area contributed by atoms with Crippen molar-refractivity contribution in [2.24, 2.45) is 0 Å². The van der Waals surface area contributed by atoms with Gasteiger partial charge in [0.05, 0.1) is 19.9 Å². The quantitative estimate of drug-likeness (QED) is 0.885. The van der Waals surface area contributed by atoms with E-state index in [4.69, 9.17) is 4.74 Å². The highest BCUT2D eigenvalue weighted by atomic mass is 19.1. The minimum Gasteiger partial charge on any atom is -0.481 e. The molecule has 1 aromatic carbocycles. The maximum absolute atomic E-state index is 13.7. The Hall–Kier alpha value is -1.94. The number of rotatable bonds is 3. The lowest BCUT2D eigenvalue weighted by molar-refractivity contribution is 0.282. The molecule has 2 aromatic rings. The van der Waals surface area contributed by atoms with Gasteiger partial charge in [-0.1, -0.05) is 24.3 Å². The zero-order valence-electron chi connectivity index (χ0n) is 9.35. The van der Waals surface area contributed by atoms with Crippen molar-refractivity contribution in [2.45, 2.75) is 6.61 Å². The molecule has 1 heterocycles. The zero-order valence-corrected chi connectivity index (χ0v) is 9.35. The first-order valence-corrected chi connectivity index (χ1v) is 5.15. The van der Waals surface area contributed by atoms with Crippen LogP contribution in [0.2, 0.25) is 0 Å². The molecule has 0 fully saturated rings. The summed E-state index contributed by atoms with van der Waals surface area (Å²) in [6, 6.07) is 8.61. The van der Waals surface area contributed by atoms with Gasteiger partial charge in [-0.3, -0.25) is 0 Å². The Labute approximate surface area is 98.5 Å². The first-order chi connectivity index (χ1) is 8.26. The molecule has 0 radical (unpaired) electrons. The number of aliphatic hydroxyl groups excluding tert-OH is 1. The fourth-order valence-electron chi connectivity index (χ4n) is 1.66. The first-order valence-electron chi connectivity index (χ1n) is 5.15. The molecular formula is C13H12FNO2. The number of aromatic nitrogens is 1. The van der Waals surface area contributed by atoms with Crippen LogP contribution in [0.4, 0.5) is 4.39 Å². The van der Waals surface area contributed by atoms with E-state index in [1.54, 1.807) is 24.3 Å². The van der Waals surface area contributed by atoms with E-state index in [1.165, 1.54) is 13.2 Å². The van der Waals surface area contributed by atoms with Crippen LogP contribution in [0.25, 0.3) is 11.1 Å². The van der Waals surface area contributed by atoms with Crippen molar-refractivity contribution in [1.29, 1.82) is 0 Å². The number of aliphatic hydroxyl groups is 1. The minimum absolute atomic E-state index is 0.139. The Balaban J connectivity index is 2.59. The summed E-state index contributed by atoms with van der Waals surface area (Å²) in [5.41, 5.74) is 1.69. The molecule has 0 bridgehead atoms. The van der Waals surface area contributed by atoms with Gasteiger partial charge in [0, 0.05) is 11.6 Å². The van der Waals surface area contributed by atoms with E-state index in [-0.39, 0.29) is 6.61 Å². The number of pyridine rings is 1. The monoisotopic (exact) mass is 233 g/mol. The highest BCUT2D eigenvalue weighted by Gasteiger charge is 2.10. The van der Waals surface area contributed by atoms with Gasteiger partial charge in [0.2, 0.25) is 5.88 Å². The molecule has 0 saturated carbocycles. The average molecular weight is 233 g/mol. The Morgan fingerprint density at radius 2 is 2.06 bits per heavy atom.